The van der Waals surface area contributed by atoms with E-state index in [1.54, 1.807) is 6.08 Å². The van der Waals surface area contributed by atoms with Gasteiger partial charge in [-0.05, 0) is 18.4 Å². The van der Waals surface area contributed by atoms with E-state index in [1.807, 2.05) is 18.2 Å². The third kappa shape index (κ3) is 2.89. The summed E-state index contributed by atoms with van der Waals surface area (Å²) in [5, 5.41) is 9.20. The van der Waals surface area contributed by atoms with Crippen molar-refractivity contribution in [3.8, 4) is 0 Å². The van der Waals surface area contributed by atoms with Gasteiger partial charge in [0.1, 0.15) is 0 Å². The van der Waals surface area contributed by atoms with Gasteiger partial charge in [-0.25, -0.2) is 0 Å². The number of benzene rings is 1. The topological polar surface area (TPSA) is 20.2 Å². The first kappa shape index (κ1) is 9.01. The van der Waals surface area contributed by atoms with Crippen molar-refractivity contribution in [2.45, 2.75) is 18.9 Å². The standard InChI is InChI=1S/C11H14O/c1-2-11(12)9-8-10-6-4-3-5-7-10/h2-7,11-12H,1,8-9H2/t11-/m1/s1. The third-order valence-corrected chi connectivity index (χ3v) is 1.84. The molecule has 0 heterocycles. The van der Waals surface area contributed by atoms with Gasteiger partial charge in [-0.1, -0.05) is 36.4 Å². The minimum atomic E-state index is -0.370. The fourth-order valence-corrected chi connectivity index (χ4v) is 1.08. The van der Waals surface area contributed by atoms with Gasteiger partial charge in [-0.3, -0.25) is 0 Å². The van der Waals surface area contributed by atoms with Crippen molar-refractivity contribution in [3.05, 3.63) is 48.6 Å². The Morgan fingerprint density at radius 1 is 1.33 bits per heavy atom. The van der Waals surface area contributed by atoms with E-state index in [-0.39, 0.29) is 6.10 Å². The van der Waals surface area contributed by atoms with Crippen molar-refractivity contribution in [2.75, 3.05) is 0 Å². The van der Waals surface area contributed by atoms with Crippen molar-refractivity contribution >= 4 is 0 Å². The van der Waals surface area contributed by atoms with Gasteiger partial charge in [0, 0.05) is 0 Å². The lowest BCUT2D eigenvalue weighted by Gasteiger charge is -2.03. The smallest absolute Gasteiger partial charge is 0.0721 e. The molecule has 1 nitrogen and oxygen atoms in total. The second-order valence-electron chi connectivity index (χ2n) is 2.83. The average molecular weight is 162 g/mol. The summed E-state index contributed by atoms with van der Waals surface area (Å²) in [7, 11) is 0. The lowest BCUT2D eigenvalue weighted by molar-refractivity contribution is 0.213. The molecule has 0 aliphatic carbocycles. The zero-order chi connectivity index (χ0) is 8.81. The molecular formula is C11H14O. The summed E-state index contributed by atoms with van der Waals surface area (Å²) in [5.74, 6) is 0. The van der Waals surface area contributed by atoms with Crippen LogP contribution in [0.1, 0.15) is 12.0 Å². The molecular weight excluding hydrogens is 148 g/mol. The molecule has 0 unspecified atom stereocenters. The summed E-state index contributed by atoms with van der Waals surface area (Å²) in [6, 6.07) is 10.1. The van der Waals surface area contributed by atoms with E-state index >= 15 is 0 Å². The molecule has 0 amide bonds. The Hall–Kier alpha value is -1.08. The Morgan fingerprint density at radius 2 is 2.00 bits per heavy atom. The van der Waals surface area contributed by atoms with E-state index in [1.165, 1.54) is 5.56 Å². The Balaban J connectivity index is 2.38. The molecule has 0 bridgehead atoms. The monoisotopic (exact) mass is 162 g/mol. The number of rotatable bonds is 4. The molecule has 12 heavy (non-hydrogen) atoms. The first-order chi connectivity index (χ1) is 5.83. The molecule has 1 aromatic rings. The zero-order valence-electron chi connectivity index (χ0n) is 7.11. The van der Waals surface area contributed by atoms with Crippen molar-refractivity contribution in [3.63, 3.8) is 0 Å². The summed E-state index contributed by atoms with van der Waals surface area (Å²) in [5.41, 5.74) is 1.26. The van der Waals surface area contributed by atoms with Crippen LogP contribution in [0.3, 0.4) is 0 Å². The highest BCUT2D eigenvalue weighted by atomic mass is 16.3. The quantitative estimate of drug-likeness (QED) is 0.673. The van der Waals surface area contributed by atoms with Crippen molar-refractivity contribution in [2.24, 2.45) is 0 Å². The molecule has 0 saturated heterocycles. The zero-order valence-corrected chi connectivity index (χ0v) is 7.11. The summed E-state index contributed by atoms with van der Waals surface area (Å²) in [6.07, 6.45) is 2.87. The number of hydrogen-bond donors (Lipinski definition) is 1. The van der Waals surface area contributed by atoms with Crippen LogP contribution >= 0.6 is 0 Å². The molecule has 0 aliphatic rings. The van der Waals surface area contributed by atoms with Crippen LogP contribution in [-0.4, -0.2) is 11.2 Å². The minimum absolute atomic E-state index is 0.370. The predicted octanol–water partition coefficient (Wildman–Crippen LogP) is 2.17. The highest BCUT2D eigenvalue weighted by Gasteiger charge is 1.97. The summed E-state index contributed by atoms with van der Waals surface area (Å²) >= 11 is 0. The molecule has 0 aliphatic heterocycles. The molecule has 1 aromatic carbocycles. The third-order valence-electron chi connectivity index (χ3n) is 1.84. The van der Waals surface area contributed by atoms with Gasteiger partial charge in [0.05, 0.1) is 6.10 Å². The van der Waals surface area contributed by atoms with Crippen molar-refractivity contribution < 1.29 is 5.11 Å². The summed E-state index contributed by atoms with van der Waals surface area (Å²) in [4.78, 5) is 0. The maximum absolute atomic E-state index is 9.20. The Kier molecular flexibility index (Phi) is 3.55. The van der Waals surface area contributed by atoms with Crippen LogP contribution in [0.15, 0.2) is 43.0 Å². The molecule has 0 spiro atoms. The lowest BCUT2D eigenvalue weighted by Crippen LogP contribution is -2.02. The molecule has 64 valence electrons. The molecule has 0 fully saturated rings. The molecule has 1 atom stereocenters. The Bertz CT molecular complexity index is 228. The highest BCUT2D eigenvalue weighted by Crippen LogP contribution is 2.04. The fourth-order valence-electron chi connectivity index (χ4n) is 1.08. The second-order valence-corrected chi connectivity index (χ2v) is 2.83. The molecule has 0 radical (unpaired) electrons. The van der Waals surface area contributed by atoms with Crippen LogP contribution < -0.4 is 0 Å². The highest BCUT2D eigenvalue weighted by molar-refractivity contribution is 5.14. The van der Waals surface area contributed by atoms with E-state index < -0.39 is 0 Å². The van der Waals surface area contributed by atoms with Gasteiger partial charge in [-0.2, -0.15) is 0 Å². The minimum Gasteiger partial charge on any atom is -0.389 e. The second kappa shape index (κ2) is 4.73. The van der Waals surface area contributed by atoms with Gasteiger partial charge in [0.15, 0.2) is 0 Å². The first-order valence-electron chi connectivity index (χ1n) is 4.17. The predicted molar refractivity (Wildman–Crippen MR) is 51.0 cm³/mol. The van der Waals surface area contributed by atoms with Crippen LogP contribution in [0, 0.1) is 0 Å². The van der Waals surface area contributed by atoms with Gasteiger partial charge in [0.2, 0.25) is 0 Å². The maximum Gasteiger partial charge on any atom is 0.0721 e. The lowest BCUT2D eigenvalue weighted by atomic mass is 10.1. The van der Waals surface area contributed by atoms with Crippen LogP contribution in [0.2, 0.25) is 0 Å². The van der Waals surface area contributed by atoms with E-state index in [9.17, 15) is 5.11 Å². The number of aliphatic hydroxyl groups excluding tert-OH is 1. The van der Waals surface area contributed by atoms with Gasteiger partial charge >= 0.3 is 0 Å². The van der Waals surface area contributed by atoms with Gasteiger partial charge < -0.3 is 5.11 Å². The molecule has 1 N–H and O–H groups in total. The van der Waals surface area contributed by atoms with E-state index in [0.717, 1.165) is 12.8 Å². The normalized spacial score (nSPS) is 12.4. The molecule has 0 aromatic heterocycles. The first-order valence-corrected chi connectivity index (χ1v) is 4.17. The van der Waals surface area contributed by atoms with Crippen LogP contribution in [0.25, 0.3) is 0 Å². The van der Waals surface area contributed by atoms with Crippen LogP contribution in [-0.2, 0) is 6.42 Å². The van der Waals surface area contributed by atoms with E-state index in [2.05, 4.69) is 18.7 Å². The van der Waals surface area contributed by atoms with E-state index in [0.29, 0.717) is 0 Å². The largest absolute Gasteiger partial charge is 0.389 e. The number of hydrogen-bond acceptors (Lipinski definition) is 1. The Morgan fingerprint density at radius 3 is 2.58 bits per heavy atom. The van der Waals surface area contributed by atoms with Crippen molar-refractivity contribution in [1.29, 1.82) is 0 Å². The van der Waals surface area contributed by atoms with Crippen LogP contribution in [0.4, 0.5) is 0 Å². The number of aliphatic hydroxyl groups is 1. The summed E-state index contributed by atoms with van der Waals surface area (Å²) in [6.45, 7) is 3.52. The molecule has 1 rings (SSSR count). The Labute approximate surface area is 73.4 Å². The average Bonchev–Trinajstić information content (AvgIpc) is 2.16. The van der Waals surface area contributed by atoms with E-state index in [4.69, 9.17) is 0 Å². The van der Waals surface area contributed by atoms with Gasteiger partial charge in [0.25, 0.3) is 0 Å². The van der Waals surface area contributed by atoms with Crippen LogP contribution in [0.5, 0.6) is 0 Å². The van der Waals surface area contributed by atoms with Crippen molar-refractivity contribution in [1.82, 2.24) is 0 Å². The molecule has 0 saturated carbocycles. The SMILES string of the molecule is C=C[C@@H](O)CCc1ccccc1. The molecule has 1 heteroatoms. The summed E-state index contributed by atoms with van der Waals surface area (Å²) < 4.78 is 0. The fraction of sp³-hybridized carbons (Fsp3) is 0.273. The maximum atomic E-state index is 9.20. The number of aryl methyl sites for hydroxylation is 1. The van der Waals surface area contributed by atoms with Gasteiger partial charge in [-0.15, -0.1) is 6.58 Å².